The molecule has 0 N–H and O–H groups in total. The Bertz CT molecular complexity index is 877. The summed E-state index contributed by atoms with van der Waals surface area (Å²) in [4.78, 5) is 2.74. The molecule has 3 aromatic carbocycles. The van der Waals surface area contributed by atoms with Crippen LogP contribution in [0.2, 0.25) is 18.6 Å². The third-order valence-electron chi connectivity index (χ3n) is 6.92. The van der Waals surface area contributed by atoms with Gasteiger partial charge in [0.1, 0.15) is 0 Å². The molecule has 0 unspecified atom stereocenters. The van der Waals surface area contributed by atoms with E-state index in [1.165, 1.54) is 11.1 Å². The molecule has 1 nitrogen and oxygen atoms in total. The quantitative estimate of drug-likeness (QED) is 0.435. The van der Waals surface area contributed by atoms with Crippen LogP contribution in [0.15, 0.2) is 91.0 Å². The van der Waals surface area contributed by atoms with Crippen molar-refractivity contribution in [2.75, 3.05) is 0 Å². The van der Waals surface area contributed by atoms with Crippen LogP contribution in [-0.4, -0.2) is 19.0 Å². The van der Waals surface area contributed by atoms with Crippen molar-refractivity contribution >= 4 is 13.3 Å². The van der Waals surface area contributed by atoms with Gasteiger partial charge in [-0.15, -0.1) is 0 Å². The molecule has 0 radical (unpaired) electrons. The highest BCUT2D eigenvalue weighted by atomic mass is 28.3. The molecular formula is C27H33NSi. The van der Waals surface area contributed by atoms with Gasteiger partial charge in [0.05, 0.1) is 8.07 Å². The van der Waals surface area contributed by atoms with E-state index in [-0.39, 0.29) is 0 Å². The van der Waals surface area contributed by atoms with E-state index in [1.807, 2.05) is 0 Å². The summed E-state index contributed by atoms with van der Waals surface area (Å²) in [5.41, 5.74) is 3.91. The van der Waals surface area contributed by atoms with E-state index in [1.54, 1.807) is 5.19 Å². The van der Waals surface area contributed by atoms with Crippen LogP contribution in [0, 0.1) is 5.41 Å². The fourth-order valence-corrected chi connectivity index (χ4v) is 10.3. The van der Waals surface area contributed by atoms with Gasteiger partial charge in [0.15, 0.2) is 0 Å². The summed E-state index contributed by atoms with van der Waals surface area (Å²) in [6.07, 6.45) is 0. The normalized spacial score (nSPS) is 20.6. The number of hydrogen-bond acceptors (Lipinski definition) is 1. The van der Waals surface area contributed by atoms with Crippen molar-refractivity contribution in [2.24, 2.45) is 5.41 Å². The lowest BCUT2D eigenvalue weighted by Gasteiger charge is -2.28. The van der Waals surface area contributed by atoms with Crippen molar-refractivity contribution in [2.45, 2.75) is 51.6 Å². The third-order valence-corrected chi connectivity index (χ3v) is 11.4. The van der Waals surface area contributed by atoms with E-state index in [2.05, 4.69) is 123 Å². The molecule has 0 heterocycles. The fourth-order valence-electron chi connectivity index (χ4n) is 5.55. The molecule has 1 saturated carbocycles. The standard InChI is InChI=1S/C27H33NSi/c1-27(2)25(26(27)29(3,4)24-18-12-7-13-19-24)28(20-22-14-8-5-9-15-22)21-23-16-10-6-11-17-23/h5-19,25-26H,20-21H2,1-4H3/t25-,26-/m0/s1. The fraction of sp³-hybridized carbons (Fsp3) is 0.333. The van der Waals surface area contributed by atoms with Crippen LogP contribution in [0.4, 0.5) is 0 Å². The highest BCUT2D eigenvalue weighted by Gasteiger charge is 2.66. The topological polar surface area (TPSA) is 3.24 Å². The lowest BCUT2D eigenvalue weighted by molar-refractivity contribution is 0.218. The molecule has 0 saturated heterocycles. The van der Waals surface area contributed by atoms with Crippen LogP contribution >= 0.6 is 0 Å². The molecule has 0 aromatic heterocycles. The van der Waals surface area contributed by atoms with E-state index < -0.39 is 8.07 Å². The van der Waals surface area contributed by atoms with Gasteiger partial charge < -0.3 is 0 Å². The van der Waals surface area contributed by atoms with Crippen molar-refractivity contribution < 1.29 is 0 Å². The average Bonchev–Trinajstić information content (AvgIpc) is 3.33. The summed E-state index contributed by atoms with van der Waals surface area (Å²) in [5.74, 6) is 0. The summed E-state index contributed by atoms with van der Waals surface area (Å²) in [6.45, 7) is 12.1. The van der Waals surface area contributed by atoms with Gasteiger partial charge in [-0.25, -0.2) is 0 Å². The Labute approximate surface area is 177 Å². The second-order valence-electron chi connectivity index (χ2n) is 9.71. The minimum atomic E-state index is -1.58. The van der Waals surface area contributed by atoms with E-state index in [4.69, 9.17) is 0 Å². The highest BCUT2D eigenvalue weighted by molar-refractivity contribution is 6.92. The second kappa shape index (κ2) is 7.93. The summed E-state index contributed by atoms with van der Waals surface area (Å²) >= 11 is 0. The first-order valence-electron chi connectivity index (χ1n) is 10.8. The largest absolute Gasteiger partial charge is 0.291 e. The molecule has 0 aliphatic heterocycles. The average molecular weight is 400 g/mol. The van der Waals surface area contributed by atoms with Crippen LogP contribution in [0.1, 0.15) is 25.0 Å². The molecule has 150 valence electrons. The predicted molar refractivity (Wildman–Crippen MR) is 127 cm³/mol. The minimum Gasteiger partial charge on any atom is -0.291 e. The Balaban J connectivity index is 1.64. The smallest absolute Gasteiger partial charge is 0.0858 e. The van der Waals surface area contributed by atoms with Gasteiger partial charge in [0, 0.05) is 19.1 Å². The van der Waals surface area contributed by atoms with Gasteiger partial charge in [0.2, 0.25) is 0 Å². The van der Waals surface area contributed by atoms with Gasteiger partial charge in [-0.3, -0.25) is 4.90 Å². The molecule has 1 fully saturated rings. The molecule has 0 spiro atoms. The highest BCUT2D eigenvalue weighted by Crippen LogP contribution is 2.64. The van der Waals surface area contributed by atoms with Crippen LogP contribution in [0.3, 0.4) is 0 Å². The Morgan fingerprint density at radius 3 is 1.55 bits per heavy atom. The van der Waals surface area contributed by atoms with E-state index >= 15 is 0 Å². The van der Waals surface area contributed by atoms with E-state index in [0.717, 1.165) is 18.6 Å². The monoisotopic (exact) mass is 399 g/mol. The molecular weight excluding hydrogens is 366 g/mol. The molecule has 2 heteroatoms. The first kappa shape index (κ1) is 20.1. The second-order valence-corrected chi connectivity index (χ2v) is 14.4. The van der Waals surface area contributed by atoms with Crippen molar-refractivity contribution in [1.82, 2.24) is 4.90 Å². The van der Waals surface area contributed by atoms with Crippen molar-refractivity contribution in [1.29, 1.82) is 0 Å². The van der Waals surface area contributed by atoms with Gasteiger partial charge in [-0.2, -0.15) is 0 Å². The lowest BCUT2D eigenvalue weighted by Crippen LogP contribution is -2.44. The first-order valence-corrected chi connectivity index (χ1v) is 13.9. The van der Waals surface area contributed by atoms with Gasteiger partial charge in [0.25, 0.3) is 0 Å². The Morgan fingerprint density at radius 2 is 1.10 bits per heavy atom. The van der Waals surface area contributed by atoms with Gasteiger partial charge in [-0.05, 0) is 22.1 Å². The Kier molecular flexibility index (Phi) is 5.50. The third kappa shape index (κ3) is 4.10. The van der Waals surface area contributed by atoms with Crippen LogP contribution in [-0.2, 0) is 13.1 Å². The molecule has 1 aliphatic carbocycles. The van der Waals surface area contributed by atoms with E-state index in [9.17, 15) is 0 Å². The molecule has 3 aromatic rings. The van der Waals surface area contributed by atoms with Crippen LogP contribution < -0.4 is 5.19 Å². The molecule has 4 rings (SSSR count). The van der Waals surface area contributed by atoms with Crippen molar-refractivity contribution in [3.8, 4) is 0 Å². The lowest BCUT2D eigenvalue weighted by atomic mass is 10.1. The molecule has 0 amide bonds. The van der Waals surface area contributed by atoms with Crippen LogP contribution in [0.5, 0.6) is 0 Å². The number of hydrogen-bond donors (Lipinski definition) is 0. The molecule has 1 aliphatic rings. The maximum atomic E-state index is 2.74. The van der Waals surface area contributed by atoms with Crippen LogP contribution in [0.25, 0.3) is 0 Å². The zero-order chi connectivity index (χ0) is 20.5. The summed E-state index contributed by atoms with van der Waals surface area (Å²) in [5, 5.41) is 1.58. The molecule has 2 atom stereocenters. The SMILES string of the molecule is CC1(C)[C@@H](N(Cc2ccccc2)Cc2ccccc2)[C@@H]1[Si](C)(C)c1ccccc1. The number of nitrogens with zero attached hydrogens (tertiary/aromatic N) is 1. The predicted octanol–water partition coefficient (Wildman–Crippen LogP) is 6.08. The van der Waals surface area contributed by atoms with Crippen molar-refractivity contribution in [3.63, 3.8) is 0 Å². The first-order chi connectivity index (χ1) is 13.9. The number of rotatable bonds is 7. The van der Waals surface area contributed by atoms with Crippen molar-refractivity contribution in [3.05, 3.63) is 102 Å². The summed E-state index contributed by atoms with van der Waals surface area (Å²) < 4.78 is 0. The Morgan fingerprint density at radius 1 is 0.690 bits per heavy atom. The number of benzene rings is 3. The maximum absolute atomic E-state index is 2.74. The zero-order valence-electron chi connectivity index (χ0n) is 18.2. The van der Waals surface area contributed by atoms with Gasteiger partial charge in [-0.1, -0.05) is 123 Å². The Hall–Kier alpha value is -2.16. The summed E-state index contributed by atoms with van der Waals surface area (Å²) in [6, 6.07) is 33.8. The minimum absolute atomic E-state index is 0.342. The maximum Gasteiger partial charge on any atom is 0.0858 e. The molecule has 29 heavy (non-hydrogen) atoms. The zero-order valence-corrected chi connectivity index (χ0v) is 19.2. The van der Waals surface area contributed by atoms with Gasteiger partial charge >= 0.3 is 0 Å². The van der Waals surface area contributed by atoms with E-state index in [0.29, 0.717) is 11.5 Å². The summed E-state index contributed by atoms with van der Waals surface area (Å²) in [7, 11) is -1.58. The molecule has 0 bridgehead atoms.